The Morgan fingerprint density at radius 3 is 3.13 bits per heavy atom. The summed E-state index contributed by atoms with van der Waals surface area (Å²) in [5, 5.41) is 10.6. The van der Waals surface area contributed by atoms with Crippen molar-refractivity contribution in [2.75, 3.05) is 13.2 Å². The number of fused-ring (bicyclic) bond motifs is 1. The Labute approximate surface area is 139 Å². The molecule has 5 atom stereocenters. The second-order valence-corrected chi connectivity index (χ2v) is 8.09. The highest BCUT2D eigenvalue weighted by Crippen LogP contribution is 2.56. The first-order valence-electron chi connectivity index (χ1n) is 6.95. The minimum atomic E-state index is -2.91. The van der Waals surface area contributed by atoms with Gasteiger partial charge in [-0.05, 0) is 17.9 Å². The van der Waals surface area contributed by atoms with Crippen molar-refractivity contribution in [2.24, 2.45) is 10.7 Å². The molecule has 23 heavy (non-hydrogen) atoms. The predicted molar refractivity (Wildman–Crippen MR) is 87.7 cm³/mol. The number of ether oxygens (including phenoxy) is 1. The van der Waals surface area contributed by atoms with Gasteiger partial charge in [-0.1, -0.05) is 12.7 Å². The highest BCUT2D eigenvalue weighted by molar-refractivity contribution is 8.07. The molecule has 126 valence electrons. The lowest BCUT2D eigenvalue weighted by Gasteiger charge is -2.33. The second-order valence-electron chi connectivity index (χ2n) is 5.13. The molecule has 2 fully saturated rings. The largest absolute Gasteiger partial charge is 0.386 e. The van der Waals surface area contributed by atoms with Crippen LogP contribution in [0.25, 0.3) is 0 Å². The minimum Gasteiger partial charge on any atom is -0.386 e. The fourth-order valence-corrected chi connectivity index (χ4v) is 4.52. The summed E-state index contributed by atoms with van der Waals surface area (Å²) in [7, 11) is 0. The van der Waals surface area contributed by atoms with Gasteiger partial charge in [0.25, 0.3) is 0 Å². The molecular weight excluding hydrogens is 341 g/mol. The molecule has 0 saturated carbocycles. The van der Waals surface area contributed by atoms with Crippen LogP contribution in [0, 0.1) is 0 Å². The number of amidine groups is 1. The molecule has 3 aliphatic heterocycles. The van der Waals surface area contributed by atoms with E-state index < -0.39 is 31.3 Å². The van der Waals surface area contributed by atoms with Crippen molar-refractivity contribution in [3.05, 3.63) is 37.3 Å². The van der Waals surface area contributed by atoms with Crippen LogP contribution in [0.5, 0.6) is 0 Å². The molecule has 3 heterocycles. The zero-order valence-electron chi connectivity index (χ0n) is 12.3. The van der Waals surface area contributed by atoms with Crippen molar-refractivity contribution in [1.29, 1.82) is 0 Å². The van der Waals surface area contributed by atoms with Crippen LogP contribution in [-0.4, -0.2) is 53.6 Å². The van der Waals surface area contributed by atoms with Crippen LogP contribution in [0.4, 0.5) is 0 Å². The van der Waals surface area contributed by atoms with Crippen LogP contribution < -0.4 is 5.73 Å². The van der Waals surface area contributed by atoms with Crippen LogP contribution in [0.15, 0.2) is 42.3 Å². The maximum atomic E-state index is 10.6. The maximum Gasteiger partial charge on any atom is 0.328 e. The van der Waals surface area contributed by atoms with Crippen LogP contribution in [0.3, 0.4) is 0 Å². The maximum absolute atomic E-state index is 10.6. The number of nitrogens with zero attached hydrogens (tertiary/aromatic N) is 2. The Kier molecular flexibility index (Phi) is 4.70. The highest BCUT2D eigenvalue weighted by Gasteiger charge is 2.52. The Balaban J connectivity index is 1.73. The molecule has 0 radical (unpaired) electrons. The first-order chi connectivity index (χ1) is 10.9. The SMILES string of the molecule is C=CCOP1(=S)OC[C@H]2O[C@@H](N3C=CC(N)=NC3=C)C(O)C2O1. The molecular formula is C13H18N3O5PS. The lowest BCUT2D eigenvalue weighted by molar-refractivity contribution is -0.0741. The molecule has 0 bridgehead atoms. The predicted octanol–water partition coefficient (Wildman–Crippen LogP) is 0.572. The van der Waals surface area contributed by atoms with Gasteiger partial charge in [-0.15, -0.1) is 6.58 Å². The zero-order chi connectivity index (χ0) is 16.6. The summed E-state index contributed by atoms with van der Waals surface area (Å²) in [4.78, 5) is 5.65. The van der Waals surface area contributed by atoms with Gasteiger partial charge in [0.15, 0.2) is 6.23 Å². The molecule has 3 aliphatic rings. The normalized spacial score (nSPS) is 40.0. The number of hydrogen-bond donors (Lipinski definition) is 2. The van der Waals surface area contributed by atoms with Gasteiger partial charge in [-0.3, -0.25) is 4.52 Å². The van der Waals surface area contributed by atoms with E-state index in [1.165, 1.54) is 0 Å². The molecule has 10 heteroatoms. The Morgan fingerprint density at radius 2 is 2.43 bits per heavy atom. The smallest absolute Gasteiger partial charge is 0.328 e. The van der Waals surface area contributed by atoms with E-state index in [2.05, 4.69) is 18.2 Å². The standard InChI is InChI=1S/C13H18N3O5PS/c1-3-6-18-22(23)19-7-9-12(21-22)11(17)13(20-9)16-5-4-10(14)15-8(16)2/h3-5,9,11-13,17H,1-2,6-7H2,(H2,14,15)/t9-,11?,12?,13-,22?/m1/s1. The van der Waals surface area contributed by atoms with Gasteiger partial charge in [-0.2, -0.15) is 0 Å². The van der Waals surface area contributed by atoms with E-state index in [0.29, 0.717) is 11.7 Å². The molecule has 0 aromatic heterocycles. The molecule has 8 nitrogen and oxygen atoms in total. The van der Waals surface area contributed by atoms with Gasteiger partial charge in [-0.25, -0.2) is 4.99 Å². The van der Waals surface area contributed by atoms with E-state index in [9.17, 15) is 5.11 Å². The fourth-order valence-electron chi connectivity index (χ4n) is 2.49. The van der Waals surface area contributed by atoms with Gasteiger partial charge < -0.3 is 29.5 Å². The van der Waals surface area contributed by atoms with Crippen molar-refractivity contribution >= 4 is 24.4 Å². The summed E-state index contributed by atoms with van der Waals surface area (Å²) in [6, 6.07) is 0. The van der Waals surface area contributed by atoms with E-state index in [1.54, 1.807) is 23.3 Å². The third kappa shape index (κ3) is 3.27. The number of aliphatic hydroxyl groups is 1. The molecule has 0 aliphatic carbocycles. The first-order valence-corrected chi connectivity index (χ1v) is 9.51. The Morgan fingerprint density at radius 1 is 1.65 bits per heavy atom. The number of hydrogen-bond acceptors (Lipinski definition) is 9. The molecule has 0 aromatic rings. The molecule has 0 spiro atoms. The number of aliphatic hydroxyl groups excluding tert-OH is 1. The van der Waals surface area contributed by atoms with Crippen molar-refractivity contribution in [3.63, 3.8) is 0 Å². The van der Waals surface area contributed by atoms with Crippen LogP contribution in [0.1, 0.15) is 0 Å². The molecule has 0 amide bonds. The lowest BCUT2D eigenvalue weighted by atomic mass is 10.1. The monoisotopic (exact) mass is 359 g/mol. The summed E-state index contributed by atoms with van der Waals surface area (Å²) < 4.78 is 22.4. The van der Waals surface area contributed by atoms with Gasteiger partial charge in [0, 0.05) is 6.20 Å². The van der Waals surface area contributed by atoms with Crippen LogP contribution in [0.2, 0.25) is 0 Å². The first kappa shape index (κ1) is 16.8. The molecule has 3 unspecified atom stereocenters. The Bertz CT molecular complexity index is 625. The van der Waals surface area contributed by atoms with E-state index in [1.807, 2.05) is 0 Å². The van der Waals surface area contributed by atoms with Gasteiger partial charge in [0.05, 0.1) is 13.2 Å². The van der Waals surface area contributed by atoms with E-state index in [0.717, 1.165) is 0 Å². The number of rotatable bonds is 4. The molecule has 2 saturated heterocycles. The average molecular weight is 359 g/mol. The topological polar surface area (TPSA) is 98.8 Å². The summed E-state index contributed by atoms with van der Waals surface area (Å²) in [6.07, 6.45) is 2.03. The lowest BCUT2D eigenvalue weighted by Crippen LogP contribution is -2.43. The average Bonchev–Trinajstić information content (AvgIpc) is 2.82. The number of nitrogens with two attached hydrogens (primary N) is 1. The second kappa shape index (κ2) is 6.45. The van der Waals surface area contributed by atoms with E-state index in [-0.39, 0.29) is 13.2 Å². The quantitative estimate of drug-likeness (QED) is 0.555. The summed E-state index contributed by atoms with van der Waals surface area (Å²) in [6.45, 7) is 4.85. The van der Waals surface area contributed by atoms with Crippen molar-refractivity contribution < 1.29 is 23.4 Å². The van der Waals surface area contributed by atoms with Gasteiger partial charge in [0.2, 0.25) is 0 Å². The van der Waals surface area contributed by atoms with Crippen LogP contribution in [-0.2, 0) is 30.1 Å². The third-order valence-electron chi connectivity index (χ3n) is 3.54. The minimum absolute atomic E-state index is 0.183. The van der Waals surface area contributed by atoms with Gasteiger partial charge in [0.1, 0.15) is 30.0 Å². The summed E-state index contributed by atoms with van der Waals surface area (Å²) >= 11 is 5.28. The third-order valence-corrected chi connectivity index (χ3v) is 5.87. The highest BCUT2D eigenvalue weighted by atomic mass is 32.5. The summed E-state index contributed by atoms with van der Waals surface area (Å²) in [5.74, 6) is 0.708. The van der Waals surface area contributed by atoms with E-state index >= 15 is 0 Å². The summed E-state index contributed by atoms with van der Waals surface area (Å²) in [5.41, 5.74) is 5.61. The van der Waals surface area contributed by atoms with Gasteiger partial charge >= 0.3 is 6.72 Å². The number of aliphatic imine (C=N–C) groups is 1. The molecule has 3 N–H and O–H groups in total. The van der Waals surface area contributed by atoms with Crippen LogP contribution >= 0.6 is 6.72 Å². The van der Waals surface area contributed by atoms with Crippen molar-refractivity contribution in [1.82, 2.24) is 4.90 Å². The Hall–Kier alpha value is -1.06. The van der Waals surface area contributed by atoms with Crippen molar-refractivity contribution in [2.45, 2.75) is 24.5 Å². The zero-order valence-corrected chi connectivity index (χ0v) is 14.0. The van der Waals surface area contributed by atoms with E-state index in [4.69, 9.17) is 35.8 Å². The molecule has 0 aromatic carbocycles. The van der Waals surface area contributed by atoms with Crippen molar-refractivity contribution in [3.8, 4) is 0 Å². The molecule has 3 rings (SSSR count). The fraction of sp³-hybridized carbons (Fsp3) is 0.462.